The fraction of sp³-hybridized carbons (Fsp3) is 0.684. The van der Waals surface area contributed by atoms with E-state index in [1.54, 1.807) is 6.07 Å². The van der Waals surface area contributed by atoms with Crippen LogP contribution in [-0.2, 0) is 0 Å². The van der Waals surface area contributed by atoms with Gasteiger partial charge in [-0.15, -0.1) is 0 Å². The molecule has 118 valence electrons. The summed E-state index contributed by atoms with van der Waals surface area (Å²) in [6.45, 7) is 9.77. The maximum absolute atomic E-state index is 14.4. The third-order valence-electron chi connectivity index (χ3n) is 5.22. The highest BCUT2D eigenvalue weighted by atomic mass is 19.1. The van der Waals surface area contributed by atoms with Crippen LogP contribution in [0, 0.1) is 30.5 Å². The lowest BCUT2D eigenvalue weighted by atomic mass is 9.72. The van der Waals surface area contributed by atoms with Gasteiger partial charge in [-0.25, -0.2) is 4.39 Å². The topological polar surface area (TPSA) is 12.0 Å². The van der Waals surface area contributed by atoms with Crippen LogP contribution in [0.3, 0.4) is 0 Å². The summed E-state index contributed by atoms with van der Waals surface area (Å²) in [6.07, 6.45) is 4.77. The SMILES string of the molecule is CCCNC(c1ccc(C)cc1F)C1CCC(C)C(C)C1. The molecule has 1 aliphatic carbocycles. The molecule has 0 radical (unpaired) electrons. The molecule has 2 heteroatoms. The van der Waals surface area contributed by atoms with Crippen LogP contribution in [0.5, 0.6) is 0 Å². The lowest BCUT2D eigenvalue weighted by Gasteiger charge is -2.37. The van der Waals surface area contributed by atoms with E-state index >= 15 is 0 Å². The van der Waals surface area contributed by atoms with Crippen LogP contribution in [0.2, 0.25) is 0 Å². The molecule has 0 bridgehead atoms. The summed E-state index contributed by atoms with van der Waals surface area (Å²) in [5, 5.41) is 3.61. The van der Waals surface area contributed by atoms with Crippen molar-refractivity contribution < 1.29 is 4.39 Å². The Kier molecular flexibility index (Phi) is 5.80. The number of hydrogen-bond acceptors (Lipinski definition) is 1. The zero-order valence-corrected chi connectivity index (χ0v) is 14.0. The number of benzene rings is 1. The number of hydrogen-bond donors (Lipinski definition) is 1. The van der Waals surface area contributed by atoms with Crippen LogP contribution in [0.1, 0.15) is 63.6 Å². The van der Waals surface area contributed by atoms with E-state index in [1.165, 1.54) is 19.3 Å². The Labute approximate surface area is 129 Å². The van der Waals surface area contributed by atoms with Crippen molar-refractivity contribution >= 4 is 0 Å². The molecule has 4 atom stereocenters. The van der Waals surface area contributed by atoms with E-state index in [2.05, 4.69) is 26.1 Å². The lowest BCUT2D eigenvalue weighted by molar-refractivity contribution is 0.169. The second-order valence-electron chi connectivity index (χ2n) is 6.98. The molecule has 0 saturated heterocycles. The first-order chi connectivity index (χ1) is 10.0. The summed E-state index contributed by atoms with van der Waals surface area (Å²) < 4.78 is 14.4. The number of aryl methyl sites for hydroxylation is 1. The highest BCUT2D eigenvalue weighted by Gasteiger charge is 2.31. The van der Waals surface area contributed by atoms with Gasteiger partial charge in [0.25, 0.3) is 0 Å². The fourth-order valence-corrected chi connectivity index (χ4v) is 3.61. The minimum absolute atomic E-state index is 0.0464. The summed E-state index contributed by atoms with van der Waals surface area (Å²) in [5.74, 6) is 2.05. The van der Waals surface area contributed by atoms with E-state index in [0.717, 1.165) is 35.9 Å². The molecule has 0 spiro atoms. The van der Waals surface area contributed by atoms with Crippen molar-refractivity contribution in [2.24, 2.45) is 17.8 Å². The molecule has 1 aromatic rings. The molecule has 0 amide bonds. The number of rotatable bonds is 5. The van der Waals surface area contributed by atoms with Crippen LogP contribution in [-0.4, -0.2) is 6.54 Å². The first-order valence-corrected chi connectivity index (χ1v) is 8.52. The minimum atomic E-state index is -0.0464. The van der Waals surface area contributed by atoms with E-state index in [9.17, 15) is 4.39 Å². The van der Waals surface area contributed by atoms with Gasteiger partial charge in [-0.2, -0.15) is 0 Å². The van der Waals surface area contributed by atoms with E-state index in [1.807, 2.05) is 19.1 Å². The molecule has 21 heavy (non-hydrogen) atoms. The van der Waals surface area contributed by atoms with Gasteiger partial charge in [0, 0.05) is 11.6 Å². The molecule has 1 N–H and O–H groups in total. The predicted molar refractivity (Wildman–Crippen MR) is 87.8 cm³/mol. The zero-order valence-electron chi connectivity index (χ0n) is 14.0. The van der Waals surface area contributed by atoms with Gasteiger partial charge in [-0.05, 0) is 62.1 Å². The smallest absolute Gasteiger partial charge is 0.128 e. The Balaban J connectivity index is 2.21. The predicted octanol–water partition coefficient (Wildman–Crippen LogP) is 5.25. The second-order valence-corrected chi connectivity index (χ2v) is 6.98. The number of halogens is 1. The molecule has 0 heterocycles. The molecule has 1 saturated carbocycles. The first-order valence-electron chi connectivity index (χ1n) is 8.52. The second kappa shape index (κ2) is 7.40. The number of nitrogens with one attached hydrogen (secondary N) is 1. The quantitative estimate of drug-likeness (QED) is 0.781. The van der Waals surface area contributed by atoms with Gasteiger partial charge >= 0.3 is 0 Å². The van der Waals surface area contributed by atoms with Crippen LogP contribution in [0.25, 0.3) is 0 Å². The van der Waals surface area contributed by atoms with Crippen molar-refractivity contribution in [1.82, 2.24) is 5.32 Å². The Morgan fingerprint density at radius 3 is 2.62 bits per heavy atom. The normalized spacial score (nSPS) is 27.6. The lowest BCUT2D eigenvalue weighted by Crippen LogP contribution is -2.34. The Morgan fingerprint density at radius 1 is 1.24 bits per heavy atom. The summed E-state index contributed by atoms with van der Waals surface area (Å²) in [4.78, 5) is 0. The molecular weight excluding hydrogens is 261 g/mol. The van der Waals surface area contributed by atoms with Crippen LogP contribution < -0.4 is 5.32 Å². The average molecular weight is 291 g/mol. The van der Waals surface area contributed by atoms with Crippen molar-refractivity contribution in [1.29, 1.82) is 0 Å². The van der Waals surface area contributed by atoms with E-state index < -0.39 is 0 Å². The highest BCUT2D eigenvalue weighted by Crippen LogP contribution is 2.40. The van der Waals surface area contributed by atoms with Crippen molar-refractivity contribution in [2.75, 3.05) is 6.54 Å². The van der Waals surface area contributed by atoms with Crippen LogP contribution in [0.4, 0.5) is 4.39 Å². The van der Waals surface area contributed by atoms with Gasteiger partial charge in [-0.3, -0.25) is 0 Å². The van der Waals surface area contributed by atoms with Crippen molar-refractivity contribution in [2.45, 2.75) is 59.4 Å². The molecule has 1 fully saturated rings. The monoisotopic (exact) mass is 291 g/mol. The Hall–Kier alpha value is -0.890. The van der Waals surface area contributed by atoms with Gasteiger partial charge < -0.3 is 5.32 Å². The van der Waals surface area contributed by atoms with E-state index in [4.69, 9.17) is 0 Å². The molecule has 2 rings (SSSR count). The minimum Gasteiger partial charge on any atom is -0.310 e. The molecule has 0 aliphatic heterocycles. The van der Waals surface area contributed by atoms with Crippen LogP contribution >= 0.6 is 0 Å². The maximum atomic E-state index is 14.4. The Bertz CT molecular complexity index is 457. The van der Waals surface area contributed by atoms with Gasteiger partial charge in [0.05, 0.1) is 0 Å². The first kappa shape index (κ1) is 16.5. The van der Waals surface area contributed by atoms with E-state index in [-0.39, 0.29) is 11.9 Å². The summed E-state index contributed by atoms with van der Waals surface area (Å²) in [7, 11) is 0. The highest BCUT2D eigenvalue weighted by molar-refractivity contribution is 5.27. The van der Waals surface area contributed by atoms with Gasteiger partial charge in [0.1, 0.15) is 5.82 Å². The summed E-state index contributed by atoms with van der Waals surface area (Å²) >= 11 is 0. The van der Waals surface area contributed by atoms with E-state index in [0.29, 0.717) is 5.92 Å². The van der Waals surface area contributed by atoms with Gasteiger partial charge in [0.2, 0.25) is 0 Å². The van der Waals surface area contributed by atoms with Crippen molar-refractivity contribution in [3.05, 3.63) is 35.1 Å². The largest absolute Gasteiger partial charge is 0.310 e. The average Bonchev–Trinajstić information content (AvgIpc) is 2.44. The van der Waals surface area contributed by atoms with Crippen molar-refractivity contribution in [3.63, 3.8) is 0 Å². The van der Waals surface area contributed by atoms with Gasteiger partial charge in [-0.1, -0.05) is 39.3 Å². The fourth-order valence-electron chi connectivity index (χ4n) is 3.61. The maximum Gasteiger partial charge on any atom is 0.128 e. The molecule has 1 nitrogen and oxygen atoms in total. The molecular formula is C19H30FN. The Morgan fingerprint density at radius 2 is 2.00 bits per heavy atom. The molecule has 1 aromatic carbocycles. The molecule has 1 aliphatic rings. The van der Waals surface area contributed by atoms with Crippen LogP contribution in [0.15, 0.2) is 18.2 Å². The summed E-state index contributed by atoms with van der Waals surface area (Å²) in [6, 6.07) is 5.86. The zero-order chi connectivity index (χ0) is 15.4. The molecule has 0 aromatic heterocycles. The third kappa shape index (κ3) is 4.06. The van der Waals surface area contributed by atoms with Crippen molar-refractivity contribution in [3.8, 4) is 0 Å². The third-order valence-corrected chi connectivity index (χ3v) is 5.22. The van der Waals surface area contributed by atoms with Gasteiger partial charge in [0.15, 0.2) is 0 Å². The standard InChI is InChI=1S/C19H30FN/c1-5-10-21-19(16-8-7-14(3)15(4)12-16)17-9-6-13(2)11-18(17)20/h6,9,11,14-16,19,21H,5,7-8,10,12H2,1-4H3. The molecule has 4 unspecified atom stereocenters. The summed E-state index contributed by atoms with van der Waals surface area (Å²) in [5.41, 5.74) is 1.86.